The number of aliphatic carboxylic acids is 1. The van der Waals surface area contributed by atoms with Gasteiger partial charge < -0.3 is 5.11 Å². The van der Waals surface area contributed by atoms with Crippen LogP contribution in [0.5, 0.6) is 0 Å². The highest BCUT2D eigenvalue weighted by Gasteiger charge is 2.24. The first-order valence-electron chi connectivity index (χ1n) is 5.53. The van der Waals surface area contributed by atoms with Crippen molar-refractivity contribution in [3.8, 4) is 0 Å². The SMILES string of the molecule is C[C@H](CS(=O)(=O)N(C)Cc1ccccc1)C(=O)O. The second-order valence-corrected chi connectivity index (χ2v) is 6.38. The number of carboxylic acids is 1. The topological polar surface area (TPSA) is 74.7 Å². The van der Waals surface area contributed by atoms with E-state index in [-0.39, 0.29) is 12.3 Å². The van der Waals surface area contributed by atoms with Gasteiger partial charge in [0.2, 0.25) is 10.0 Å². The lowest BCUT2D eigenvalue weighted by molar-refractivity contribution is -0.140. The number of hydrogen-bond donors (Lipinski definition) is 1. The van der Waals surface area contributed by atoms with Crippen LogP contribution in [0.3, 0.4) is 0 Å². The summed E-state index contributed by atoms with van der Waals surface area (Å²) in [5.41, 5.74) is 0.867. The monoisotopic (exact) mass is 271 g/mol. The quantitative estimate of drug-likeness (QED) is 0.842. The average molecular weight is 271 g/mol. The highest BCUT2D eigenvalue weighted by Crippen LogP contribution is 2.10. The first kappa shape index (κ1) is 14.7. The van der Waals surface area contributed by atoms with Crippen molar-refractivity contribution in [3.63, 3.8) is 0 Å². The van der Waals surface area contributed by atoms with E-state index in [1.807, 2.05) is 30.3 Å². The number of nitrogens with zero attached hydrogens (tertiary/aromatic N) is 1. The summed E-state index contributed by atoms with van der Waals surface area (Å²) in [5, 5.41) is 8.73. The van der Waals surface area contributed by atoms with Crippen molar-refractivity contribution in [2.75, 3.05) is 12.8 Å². The van der Waals surface area contributed by atoms with Gasteiger partial charge in [-0.25, -0.2) is 12.7 Å². The Kier molecular flexibility index (Phi) is 4.86. The molecule has 0 saturated carbocycles. The maximum Gasteiger partial charge on any atom is 0.307 e. The molecule has 0 fully saturated rings. The average Bonchev–Trinajstić information content (AvgIpc) is 2.29. The van der Waals surface area contributed by atoms with Crippen LogP contribution in [0, 0.1) is 5.92 Å². The van der Waals surface area contributed by atoms with Gasteiger partial charge >= 0.3 is 5.97 Å². The predicted octanol–water partition coefficient (Wildman–Crippen LogP) is 1.17. The van der Waals surface area contributed by atoms with Crippen LogP contribution in [-0.2, 0) is 21.4 Å². The highest BCUT2D eigenvalue weighted by molar-refractivity contribution is 7.89. The molecule has 1 aromatic rings. The molecule has 1 rings (SSSR count). The molecule has 0 spiro atoms. The lowest BCUT2D eigenvalue weighted by Crippen LogP contribution is -2.33. The molecule has 0 radical (unpaired) electrons. The fraction of sp³-hybridized carbons (Fsp3) is 0.417. The Morgan fingerprint density at radius 1 is 1.33 bits per heavy atom. The van der Waals surface area contributed by atoms with Crippen molar-refractivity contribution < 1.29 is 18.3 Å². The van der Waals surface area contributed by atoms with Gasteiger partial charge in [0, 0.05) is 13.6 Å². The number of hydrogen-bond acceptors (Lipinski definition) is 3. The minimum Gasteiger partial charge on any atom is -0.481 e. The molecule has 5 nitrogen and oxygen atoms in total. The maximum absolute atomic E-state index is 11.9. The van der Waals surface area contributed by atoms with Crippen LogP contribution < -0.4 is 0 Å². The summed E-state index contributed by atoms with van der Waals surface area (Å²) in [5.74, 6) is -2.40. The Hall–Kier alpha value is -1.40. The number of carbonyl (C=O) groups is 1. The molecule has 18 heavy (non-hydrogen) atoms. The minimum absolute atomic E-state index is 0.246. The number of benzene rings is 1. The van der Waals surface area contributed by atoms with Crippen LogP contribution in [0.25, 0.3) is 0 Å². The van der Waals surface area contributed by atoms with Crippen LogP contribution in [-0.4, -0.2) is 36.6 Å². The van der Waals surface area contributed by atoms with Crippen LogP contribution in [0.15, 0.2) is 30.3 Å². The normalized spacial score (nSPS) is 13.5. The number of sulfonamides is 1. The molecule has 0 aliphatic heterocycles. The molecule has 0 aromatic heterocycles. The molecule has 0 amide bonds. The van der Waals surface area contributed by atoms with E-state index < -0.39 is 21.9 Å². The van der Waals surface area contributed by atoms with Crippen LogP contribution >= 0.6 is 0 Å². The first-order valence-corrected chi connectivity index (χ1v) is 7.14. The van der Waals surface area contributed by atoms with Crippen LogP contribution in [0.4, 0.5) is 0 Å². The van der Waals surface area contributed by atoms with Crippen molar-refractivity contribution >= 4 is 16.0 Å². The van der Waals surface area contributed by atoms with Gasteiger partial charge in [0.15, 0.2) is 0 Å². The standard InChI is InChI=1S/C12H17NO4S/c1-10(12(14)15)9-18(16,17)13(2)8-11-6-4-3-5-7-11/h3-7,10H,8-9H2,1-2H3,(H,14,15)/t10-/m1/s1. The van der Waals surface area contributed by atoms with Gasteiger partial charge in [0.1, 0.15) is 0 Å². The Morgan fingerprint density at radius 2 is 1.89 bits per heavy atom. The van der Waals surface area contributed by atoms with Gasteiger partial charge in [-0.1, -0.05) is 37.3 Å². The predicted molar refractivity (Wildman–Crippen MR) is 68.5 cm³/mol. The van der Waals surface area contributed by atoms with Crippen molar-refractivity contribution in [3.05, 3.63) is 35.9 Å². The summed E-state index contributed by atoms with van der Waals surface area (Å²) in [6, 6.07) is 9.16. The van der Waals surface area contributed by atoms with E-state index in [0.717, 1.165) is 5.56 Å². The second kappa shape index (κ2) is 5.97. The fourth-order valence-electron chi connectivity index (χ4n) is 1.45. The van der Waals surface area contributed by atoms with Crippen molar-refractivity contribution in [1.29, 1.82) is 0 Å². The molecule has 0 heterocycles. The molecule has 1 aromatic carbocycles. The van der Waals surface area contributed by atoms with Crippen LogP contribution in [0.2, 0.25) is 0 Å². The summed E-state index contributed by atoms with van der Waals surface area (Å²) in [6.45, 7) is 1.63. The fourth-order valence-corrected chi connectivity index (χ4v) is 2.83. The third kappa shape index (κ3) is 4.12. The summed E-state index contributed by atoms with van der Waals surface area (Å²) >= 11 is 0. The van der Waals surface area contributed by atoms with E-state index in [2.05, 4.69) is 0 Å². The third-order valence-electron chi connectivity index (χ3n) is 2.61. The summed E-state index contributed by atoms with van der Waals surface area (Å²) in [4.78, 5) is 10.7. The molecule has 0 unspecified atom stereocenters. The van der Waals surface area contributed by atoms with Crippen molar-refractivity contribution in [2.45, 2.75) is 13.5 Å². The molecule has 1 N–H and O–H groups in total. The van der Waals surface area contributed by atoms with Gasteiger partial charge in [-0.2, -0.15) is 0 Å². The zero-order valence-corrected chi connectivity index (χ0v) is 11.2. The minimum atomic E-state index is -3.55. The molecule has 6 heteroatoms. The molecule has 0 bridgehead atoms. The zero-order valence-electron chi connectivity index (χ0n) is 10.4. The highest BCUT2D eigenvalue weighted by atomic mass is 32.2. The van der Waals surface area contributed by atoms with E-state index >= 15 is 0 Å². The number of carboxylic acid groups (broad SMARTS) is 1. The lowest BCUT2D eigenvalue weighted by Gasteiger charge is -2.18. The van der Waals surface area contributed by atoms with Gasteiger partial charge in [-0.15, -0.1) is 0 Å². The molecule has 0 aliphatic carbocycles. The van der Waals surface area contributed by atoms with Gasteiger partial charge in [0.25, 0.3) is 0 Å². The van der Waals surface area contributed by atoms with Gasteiger partial charge in [-0.3, -0.25) is 4.79 Å². The molecule has 1 atom stereocenters. The zero-order chi connectivity index (χ0) is 13.8. The smallest absolute Gasteiger partial charge is 0.307 e. The second-order valence-electron chi connectivity index (χ2n) is 4.26. The van der Waals surface area contributed by atoms with E-state index in [9.17, 15) is 13.2 Å². The Labute approximate surface area is 107 Å². The molecular formula is C12H17NO4S. The van der Waals surface area contributed by atoms with Gasteiger partial charge in [-0.05, 0) is 5.56 Å². The summed E-state index contributed by atoms with van der Waals surface area (Å²) < 4.78 is 25.0. The summed E-state index contributed by atoms with van der Waals surface area (Å²) in [7, 11) is -2.09. The largest absolute Gasteiger partial charge is 0.481 e. The summed E-state index contributed by atoms with van der Waals surface area (Å²) in [6.07, 6.45) is 0. The van der Waals surface area contributed by atoms with Gasteiger partial charge in [0.05, 0.1) is 11.7 Å². The molecular weight excluding hydrogens is 254 g/mol. The van der Waals surface area contributed by atoms with Crippen LogP contribution in [0.1, 0.15) is 12.5 Å². The van der Waals surface area contributed by atoms with Crippen molar-refractivity contribution in [2.24, 2.45) is 5.92 Å². The van der Waals surface area contributed by atoms with E-state index in [1.54, 1.807) is 0 Å². The Bertz CT molecular complexity index is 498. The first-order chi connectivity index (χ1) is 8.33. The Morgan fingerprint density at radius 3 is 2.39 bits per heavy atom. The maximum atomic E-state index is 11.9. The number of rotatable bonds is 6. The van der Waals surface area contributed by atoms with E-state index in [0.29, 0.717) is 0 Å². The Balaban J connectivity index is 2.71. The van der Waals surface area contributed by atoms with E-state index in [1.165, 1.54) is 18.3 Å². The van der Waals surface area contributed by atoms with Crippen molar-refractivity contribution in [1.82, 2.24) is 4.31 Å². The third-order valence-corrected chi connectivity index (χ3v) is 4.61. The molecule has 100 valence electrons. The molecule has 0 aliphatic rings. The lowest BCUT2D eigenvalue weighted by atomic mass is 10.2. The van der Waals surface area contributed by atoms with E-state index in [4.69, 9.17) is 5.11 Å². The molecule has 0 saturated heterocycles.